The molecule has 0 saturated carbocycles. The lowest BCUT2D eigenvalue weighted by atomic mass is 9.76. The molecule has 6 nitrogen and oxygen atoms in total. The molecule has 0 aliphatic carbocycles. The van der Waals surface area contributed by atoms with Crippen LogP contribution in [0.25, 0.3) is 0 Å². The van der Waals surface area contributed by atoms with Gasteiger partial charge in [-0.15, -0.1) is 0 Å². The molecule has 1 amide bonds. The van der Waals surface area contributed by atoms with E-state index in [1.807, 2.05) is 0 Å². The Hall–Kier alpha value is -1.96. The SMILES string of the molecule is CC1=C(O)C(O)(O)C(C)(c2ccc(F)cc2)N(CCO)C1=O. The van der Waals surface area contributed by atoms with Crippen molar-refractivity contribution in [3.05, 3.63) is 47.0 Å². The highest BCUT2D eigenvalue weighted by atomic mass is 19.1. The number of β-amino-alcohol motifs (C(OH)–C–C–N with tert-alkyl or cyclic N) is 1. The Morgan fingerprint density at radius 3 is 2.27 bits per heavy atom. The van der Waals surface area contributed by atoms with Gasteiger partial charge in [0.2, 0.25) is 0 Å². The van der Waals surface area contributed by atoms with E-state index in [1.165, 1.54) is 26.0 Å². The van der Waals surface area contributed by atoms with E-state index in [-0.39, 0.29) is 17.7 Å². The second-order valence-corrected chi connectivity index (χ2v) is 5.41. The first-order chi connectivity index (χ1) is 10.2. The molecule has 0 bridgehead atoms. The summed E-state index contributed by atoms with van der Waals surface area (Å²) in [6.07, 6.45) is 0. The average molecular weight is 311 g/mol. The highest BCUT2D eigenvalue weighted by Crippen LogP contribution is 2.45. The van der Waals surface area contributed by atoms with E-state index in [0.717, 1.165) is 17.0 Å². The Balaban J connectivity index is 2.71. The highest BCUT2D eigenvalue weighted by Gasteiger charge is 2.59. The zero-order valence-electron chi connectivity index (χ0n) is 12.2. The third-order valence-electron chi connectivity index (χ3n) is 4.20. The van der Waals surface area contributed by atoms with Gasteiger partial charge in [0.15, 0.2) is 5.76 Å². The summed E-state index contributed by atoms with van der Waals surface area (Å²) < 4.78 is 13.1. The Morgan fingerprint density at radius 2 is 1.77 bits per heavy atom. The van der Waals surface area contributed by atoms with Crippen molar-refractivity contribution in [2.24, 2.45) is 0 Å². The summed E-state index contributed by atoms with van der Waals surface area (Å²) in [7, 11) is 0. The number of hydrogen-bond acceptors (Lipinski definition) is 5. The molecular formula is C15H18FNO5. The number of aliphatic hydroxyl groups is 4. The maximum Gasteiger partial charge on any atom is 0.254 e. The number of nitrogens with zero attached hydrogens (tertiary/aromatic N) is 1. The average Bonchev–Trinajstić information content (AvgIpc) is 2.49. The molecule has 4 N–H and O–H groups in total. The fraction of sp³-hybridized carbons (Fsp3) is 0.400. The minimum absolute atomic E-state index is 0.180. The summed E-state index contributed by atoms with van der Waals surface area (Å²) >= 11 is 0. The molecule has 0 saturated heterocycles. The third-order valence-corrected chi connectivity index (χ3v) is 4.20. The van der Waals surface area contributed by atoms with E-state index in [9.17, 15) is 29.6 Å². The van der Waals surface area contributed by atoms with Crippen LogP contribution >= 0.6 is 0 Å². The van der Waals surface area contributed by atoms with Crippen LogP contribution in [0.1, 0.15) is 19.4 Å². The second kappa shape index (κ2) is 5.35. The van der Waals surface area contributed by atoms with Gasteiger partial charge in [-0.05, 0) is 31.5 Å². The summed E-state index contributed by atoms with van der Waals surface area (Å²) in [6, 6.07) is 4.81. The van der Waals surface area contributed by atoms with E-state index in [1.54, 1.807) is 0 Å². The van der Waals surface area contributed by atoms with Crippen LogP contribution in [-0.2, 0) is 10.3 Å². The Bertz CT molecular complexity index is 625. The summed E-state index contributed by atoms with van der Waals surface area (Å²) in [4.78, 5) is 13.4. The van der Waals surface area contributed by atoms with Crippen LogP contribution in [0.15, 0.2) is 35.6 Å². The van der Waals surface area contributed by atoms with Crippen molar-refractivity contribution >= 4 is 5.91 Å². The van der Waals surface area contributed by atoms with E-state index in [4.69, 9.17) is 0 Å². The normalized spacial score (nSPS) is 24.8. The fourth-order valence-electron chi connectivity index (χ4n) is 2.74. The molecule has 120 valence electrons. The Kier molecular flexibility index (Phi) is 3.99. The summed E-state index contributed by atoms with van der Waals surface area (Å²) in [6.45, 7) is 2.00. The zero-order valence-corrected chi connectivity index (χ0v) is 12.2. The van der Waals surface area contributed by atoms with Crippen molar-refractivity contribution in [3.8, 4) is 0 Å². The first-order valence-electron chi connectivity index (χ1n) is 6.71. The van der Waals surface area contributed by atoms with Gasteiger partial charge in [0.05, 0.1) is 12.2 Å². The van der Waals surface area contributed by atoms with Crippen LogP contribution in [0.5, 0.6) is 0 Å². The minimum atomic E-state index is -2.78. The molecule has 1 aliphatic heterocycles. The monoisotopic (exact) mass is 311 g/mol. The highest BCUT2D eigenvalue weighted by molar-refractivity contribution is 5.95. The summed E-state index contributed by atoms with van der Waals surface area (Å²) in [5, 5.41) is 40.1. The number of rotatable bonds is 3. The standard InChI is InChI=1S/C15H18FNO5/c1-9-12(19)15(21,22)14(2,17(7-8-18)13(9)20)10-3-5-11(16)6-4-10/h3-6,18-19,21-22H,7-8H2,1-2H3. The van der Waals surface area contributed by atoms with Crippen molar-refractivity contribution < 1.29 is 29.6 Å². The predicted octanol–water partition coefficient (Wildman–Crippen LogP) is 0.388. The smallest absolute Gasteiger partial charge is 0.254 e. The molecule has 1 atom stereocenters. The van der Waals surface area contributed by atoms with Crippen molar-refractivity contribution in [1.29, 1.82) is 0 Å². The van der Waals surface area contributed by atoms with Gasteiger partial charge in [-0.25, -0.2) is 4.39 Å². The molecule has 1 heterocycles. The molecule has 7 heteroatoms. The molecule has 0 fully saturated rings. The fourth-order valence-corrected chi connectivity index (χ4v) is 2.74. The van der Waals surface area contributed by atoms with E-state index < -0.39 is 35.4 Å². The minimum Gasteiger partial charge on any atom is -0.506 e. The van der Waals surface area contributed by atoms with Gasteiger partial charge >= 0.3 is 0 Å². The van der Waals surface area contributed by atoms with Crippen LogP contribution in [0.4, 0.5) is 4.39 Å². The lowest BCUT2D eigenvalue weighted by Gasteiger charge is -2.51. The quantitative estimate of drug-likeness (QED) is 0.605. The van der Waals surface area contributed by atoms with Crippen molar-refractivity contribution in [1.82, 2.24) is 4.90 Å². The zero-order chi connectivity index (χ0) is 16.7. The molecule has 2 rings (SSSR count). The maximum absolute atomic E-state index is 13.1. The van der Waals surface area contributed by atoms with Gasteiger partial charge in [-0.3, -0.25) is 4.79 Å². The van der Waals surface area contributed by atoms with Gasteiger partial charge in [0, 0.05) is 6.54 Å². The molecule has 0 radical (unpaired) electrons. The van der Waals surface area contributed by atoms with Gasteiger partial charge in [0.25, 0.3) is 11.7 Å². The molecular weight excluding hydrogens is 293 g/mol. The van der Waals surface area contributed by atoms with E-state index in [2.05, 4.69) is 0 Å². The van der Waals surface area contributed by atoms with Gasteiger partial charge in [-0.1, -0.05) is 12.1 Å². The Labute approximate surface area is 126 Å². The molecule has 1 aromatic rings. The van der Waals surface area contributed by atoms with Crippen LogP contribution in [0.2, 0.25) is 0 Å². The molecule has 0 spiro atoms. The largest absolute Gasteiger partial charge is 0.506 e. The number of carbonyl (C=O) groups is 1. The van der Waals surface area contributed by atoms with Gasteiger partial charge in [0.1, 0.15) is 11.4 Å². The lowest BCUT2D eigenvalue weighted by molar-refractivity contribution is -0.246. The van der Waals surface area contributed by atoms with Gasteiger partial charge in [-0.2, -0.15) is 0 Å². The van der Waals surface area contributed by atoms with Gasteiger partial charge < -0.3 is 25.3 Å². The number of aliphatic hydroxyl groups excluding tert-OH is 2. The molecule has 0 aromatic heterocycles. The number of hydrogen-bond donors (Lipinski definition) is 4. The molecule has 1 unspecified atom stereocenters. The van der Waals surface area contributed by atoms with Crippen LogP contribution in [-0.4, -0.2) is 50.2 Å². The van der Waals surface area contributed by atoms with Crippen molar-refractivity contribution in [2.75, 3.05) is 13.2 Å². The van der Waals surface area contributed by atoms with Crippen molar-refractivity contribution in [3.63, 3.8) is 0 Å². The number of amides is 1. The molecule has 1 aromatic carbocycles. The maximum atomic E-state index is 13.1. The first-order valence-corrected chi connectivity index (χ1v) is 6.71. The predicted molar refractivity (Wildman–Crippen MR) is 75.0 cm³/mol. The lowest BCUT2D eigenvalue weighted by Crippen LogP contribution is -2.66. The van der Waals surface area contributed by atoms with E-state index >= 15 is 0 Å². The third kappa shape index (κ3) is 2.09. The number of carbonyl (C=O) groups excluding carboxylic acids is 1. The van der Waals surface area contributed by atoms with Crippen molar-refractivity contribution in [2.45, 2.75) is 25.2 Å². The van der Waals surface area contributed by atoms with Crippen LogP contribution in [0, 0.1) is 5.82 Å². The van der Waals surface area contributed by atoms with Crippen LogP contribution in [0.3, 0.4) is 0 Å². The molecule has 22 heavy (non-hydrogen) atoms. The summed E-state index contributed by atoms with van der Waals surface area (Å²) in [5.41, 5.74) is -1.80. The first kappa shape index (κ1) is 16.4. The number of halogens is 1. The Morgan fingerprint density at radius 1 is 1.23 bits per heavy atom. The van der Waals surface area contributed by atoms with E-state index in [0.29, 0.717) is 0 Å². The van der Waals surface area contributed by atoms with Crippen LogP contribution < -0.4 is 0 Å². The topological polar surface area (TPSA) is 101 Å². The second-order valence-electron chi connectivity index (χ2n) is 5.41. The molecule has 1 aliphatic rings. The number of benzene rings is 1. The summed E-state index contributed by atoms with van der Waals surface area (Å²) in [5.74, 6) is -4.81.